The fourth-order valence-electron chi connectivity index (χ4n) is 2.41. The lowest BCUT2D eigenvalue weighted by Gasteiger charge is -2.19. The summed E-state index contributed by atoms with van der Waals surface area (Å²) in [7, 11) is 2.07. The highest BCUT2D eigenvalue weighted by Crippen LogP contribution is 2.11. The van der Waals surface area contributed by atoms with E-state index < -0.39 is 0 Å². The Labute approximate surface area is 163 Å². The smallest absolute Gasteiger partial charge is 0.235 e. The number of aryl methyl sites for hydroxylation is 1. The summed E-state index contributed by atoms with van der Waals surface area (Å²) in [5.74, 6) is 1.22. The zero-order chi connectivity index (χ0) is 19.5. The molecular formula is C19H26N4O3S. The van der Waals surface area contributed by atoms with Crippen LogP contribution in [0.1, 0.15) is 18.6 Å². The van der Waals surface area contributed by atoms with Crippen LogP contribution in [0.3, 0.4) is 0 Å². The number of carbonyl (C=O) groups is 2. The lowest BCUT2D eigenvalue weighted by Crippen LogP contribution is -2.28. The van der Waals surface area contributed by atoms with Gasteiger partial charge in [0.15, 0.2) is 5.82 Å². The number of anilines is 2. The second-order valence-electron chi connectivity index (χ2n) is 6.18. The summed E-state index contributed by atoms with van der Waals surface area (Å²) in [4.78, 5) is 25.7. The molecule has 2 rings (SSSR count). The second-order valence-corrected chi connectivity index (χ2v) is 7.16. The van der Waals surface area contributed by atoms with Gasteiger partial charge in [-0.25, -0.2) is 0 Å². The number of aromatic nitrogens is 1. The van der Waals surface area contributed by atoms with Gasteiger partial charge in [0.05, 0.1) is 11.5 Å². The van der Waals surface area contributed by atoms with E-state index >= 15 is 0 Å². The molecule has 8 heteroatoms. The van der Waals surface area contributed by atoms with Crippen LogP contribution < -0.4 is 15.5 Å². The van der Waals surface area contributed by atoms with Crippen molar-refractivity contribution >= 4 is 35.1 Å². The van der Waals surface area contributed by atoms with Gasteiger partial charge in [0.2, 0.25) is 11.8 Å². The number of unbranched alkanes of at least 4 members (excludes halogenated alkanes) is 1. The molecule has 0 bridgehead atoms. The number of benzene rings is 1. The highest BCUT2D eigenvalue weighted by molar-refractivity contribution is 8.00. The molecule has 27 heavy (non-hydrogen) atoms. The van der Waals surface area contributed by atoms with Crippen molar-refractivity contribution < 1.29 is 14.1 Å². The summed E-state index contributed by atoms with van der Waals surface area (Å²) in [5.41, 5.74) is 1.19. The minimum absolute atomic E-state index is 0.0542. The van der Waals surface area contributed by atoms with Gasteiger partial charge in [0.25, 0.3) is 0 Å². The molecule has 0 aliphatic carbocycles. The number of rotatable bonds is 11. The number of hydrogen-bond acceptors (Lipinski definition) is 6. The first-order chi connectivity index (χ1) is 13.0. The maximum atomic E-state index is 11.8. The number of nitrogens with zero attached hydrogens (tertiary/aromatic N) is 2. The predicted molar refractivity (Wildman–Crippen MR) is 109 cm³/mol. The SMILES string of the molecule is Cc1cc(NC(=O)CSCC(=O)NCCCCN(C)c2ccccc2)no1. The summed E-state index contributed by atoms with van der Waals surface area (Å²) in [6.07, 6.45) is 1.91. The van der Waals surface area contributed by atoms with E-state index in [1.54, 1.807) is 13.0 Å². The molecule has 7 nitrogen and oxygen atoms in total. The minimum atomic E-state index is -0.204. The number of carbonyl (C=O) groups excluding carboxylic acids is 2. The van der Waals surface area contributed by atoms with E-state index in [4.69, 9.17) is 4.52 Å². The van der Waals surface area contributed by atoms with Crippen LogP contribution in [-0.4, -0.2) is 48.6 Å². The Bertz CT molecular complexity index is 721. The van der Waals surface area contributed by atoms with Crippen LogP contribution in [0.2, 0.25) is 0 Å². The molecule has 0 unspecified atom stereocenters. The maximum absolute atomic E-state index is 11.8. The van der Waals surface area contributed by atoms with Gasteiger partial charge in [-0.1, -0.05) is 23.4 Å². The molecule has 2 N–H and O–H groups in total. The highest BCUT2D eigenvalue weighted by Gasteiger charge is 2.08. The van der Waals surface area contributed by atoms with Gasteiger partial charge in [0, 0.05) is 31.9 Å². The van der Waals surface area contributed by atoms with E-state index in [1.807, 2.05) is 18.2 Å². The molecule has 0 spiro atoms. The van der Waals surface area contributed by atoms with Crippen LogP contribution in [0.15, 0.2) is 40.9 Å². The third-order valence-corrected chi connectivity index (χ3v) is 4.73. The van der Waals surface area contributed by atoms with Gasteiger partial charge in [-0.15, -0.1) is 11.8 Å². The molecule has 0 saturated carbocycles. The Hall–Kier alpha value is -2.48. The predicted octanol–water partition coefficient (Wildman–Crippen LogP) is 2.69. The molecule has 2 amide bonds. The second kappa shape index (κ2) is 11.3. The number of thioether (sulfide) groups is 1. The van der Waals surface area contributed by atoms with E-state index in [0.29, 0.717) is 18.1 Å². The van der Waals surface area contributed by atoms with Crippen LogP contribution in [0.25, 0.3) is 0 Å². The standard InChI is InChI=1S/C19H26N4O3S/c1-15-12-17(22-26-15)21-19(25)14-27-13-18(24)20-10-6-7-11-23(2)16-8-4-3-5-9-16/h3-5,8-9,12H,6-7,10-11,13-14H2,1-2H3,(H,20,24)(H,21,22,25). The molecule has 0 aliphatic rings. The normalized spacial score (nSPS) is 10.4. The summed E-state index contributed by atoms with van der Waals surface area (Å²) >= 11 is 1.27. The molecule has 1 heterocycles. The molecular weight excluding hydrogens is 364 g/mol. The minimum Gasteiger partial charge on any atom is -0.375 e. The molecule has 1 aromatic heterocycles. The summed E-state index contributed by atoms with van der Waals surface area (Å²) < 4.78 is 4.87. The summed E-state index contributed by atoms with van der Waals surface area (Å²) in [6, 6.07) is 11.9. The van der Waals surface area contributed by atoms with Gasteiger partial charge < -0.3 is 20.1 Å². The van der Waals surface area contributed by atoms with Crippen LogP contribution in [-0.2, 0) is 9.59 Å². The Morgan fingerprint density at radius 2 is 1.89 bits per heavy atom. The van der Waals surface area contributed by atoms with E-state index in [-0.39, 0.29) is 23.3 Å². The highest BCUT2D eigenvalue weighted by atomic mass is 32.2. The van der Waals surface area contributed by atoms with E-state index in [9.17, 15) is 9.59 Å². The van der Waals surface area contributed by atoms with Gasteiger partial charge >= 0.3 is 0 Å². The van der Waals surface area contributed by atoms with Gasteiger partial charge in [0.1, 0.15) is 5.76 Å². The molecule has 1 aromatic carbocycles. The molecule has 0 atom stereocenters. The maximum Gasteiger partial charge on any atom is 0.235 e. The van der Waals surface area contributed by atoms with E-state index in [0.717, 1.165) is 19.4 Å². The fraction of sp³-hybridized carbons (Fsp3) is 0.421. The van der Waals surface area contributed by atoms with Crippen LogP contribution in [0.4, 0.5) is 11.5 Å². The average molecular weight is 391 g/mol. The van der Waals surface area contributed by atoms with Crippen LogP contribution in [0.5, 0.6) is 0 Å². The van der Waals surface area contributed by atoms with Gasteiger partial charge in [-0.05, 0) is 31.9 Å². The lowest BCUT2D eigenvalue weighted by atomic mass is 10.2. The first-order valence-corrected chi connectivity index (χ1v) is 10.0. The van der Waals surface area contributed by atoms with Crippen molar-refractivity contribution in [3.63, 3.8) is 0 Å². The number of nitrogens with one attached hydrogen (secondary N) is 2. The van der Waals surface area contributed by atoms with Gasteiger partial charge in [-0.3, -0.25) is 9.59 Å². The fourth-order valence-corrected chi connectivity index (χ4v) is 3.05. The molecule has 0 saturated heterocycles. The molecule has 0 aliphatic heterocycles. The van der Waals surface area contributed by atoms with Crippen molar-refractivity contribution in [1.82, 2.24) is 10.5 Å². The third kappa shape index (κ3) is 8.17. The molecule has 0 radical (unpaired) electrons. The van der Waals surface area contributed by atoms with Crippen molar-refractivity contribution in [2.75, 3.05) is 41.9 Å². The molecule has 2 aromatic rings. The largest absolute Gasteiger partial charge is 0.375 e. The third-order valence-electron chi connectivity index (χ3n) is 3.80. The summed E-state index contributed by atoms with van der Waals surface area (Å²) in [6.45, 7) is 3.34. The average Bonchev–Trinajstić information content (AvgIpc) is 3.06. The quantitative estimate of drug-likeness (QED) is 0.574. The molecule has 146 valence electrons. The topological polar surface area (TPSA) is 87.5 Å². The van der Waals surface area contributed by atoms with Crippen molar-refractivity contribution in [2.45, 2.75) is 19.8 Å². The lowest BCUT2D eigenvalue weighted by molar-refractivity contribution is -0.118. The van der Waals surface area contributed by atoms with E-state index in [1.165, 1.54) is 17.4 Å². The van der Waals surface area contributed by atoms with Crippen molar-refractivity contribution in [2.24, 2.45) is 0 Å². The zero-order valence-electron chi connectivity index (χ0n) is 15.7. The number of amides is 2. The summed E-state index contributed by atoms with van der Waals surface area (Å²) in [5, 5.41) is 9.19. The van der Waals surface area contributed by atoms with Crippen molar-refractivity contribution in [1.29, 1.82) is 0 Å². The Balaban J connectivity index is 1.49. The first kappa shape index (κ1) is 20.8. The van der Waals surface area contributed by atoms with Crippen LogP contribution >= 0.6 is 11.8 Å². The Morgan fingerprint density at radius 1 is 1.15 bits per heavy atom. The van der Waals surface area contributed by atoms with Crippen molar-refractivity contribution in [3.05, 3.63) is 42.2 Å². The number of para-hydroxylation sites is 1. The molecule has 0 fully saturated rings. The van der Waals surface area contributed by atoms with Crippen molar-refractivity contribution in [3.8, 4) is 0 Å². The zero-order valence-corrected chi connectivity index (χ0v) is 16.6. The Morgan fingerprint density at radius 3 is 2.59 bits per heavy atom. The first-order valence-electron chi connectivity index (χ1n) is 8.88. The number of hydrogen-bond donors (Lipinski definition) is 2. The van der Waals surface area contributed by atoms with Gasteiger partial charge in [-0.2, -0.15) is 0 Å². The van der Waals surface area contributed by atoms with E-state index in [2.05, 4.69) is 39.9 Å². The van der Waals surface area contributed by atoms with Crippen LogP contribution in [0, 0.1) is 6.92 Å². The monoisotopic (exact) mass is 390 g/mol. The Kier molecular flexibility index (Phi) is 8.70.